The third-order valence-corrected chi connectivity index (χ3v) is 4.09. The summed E-state index contributed by atoms with van der Waals surface area (Å²) >= 11 is 0. The fourth-order valence-corrected chi connectivity index (χ4v) is 2.62. The highest BCUT2D eigenvalue weighted by Crippen LogP contribution is 2.40. The number of hydrogen-bond donors (Lipinski definition) is 1. The van der Waals surface area contributed by atoms with Crippen molar-refractivity contribution in [2.24, 2.45) is 7.05 Å². The number of fused-ring (bicyclic) bond motifs is 1. The lowest BCUT2D eigenvalue weighted by molar-refractivity contribution is 0.688. The first-order valence-electron chi connectivity index (χ1n) is 7.00. The molecule has 2 aromatic rings. The molecule has 0 saturated heterocycles. The molecule has 1 heterocycles. The first-order chi connectivity index (χ1) is 8.81. The minimum absolute atomic E-state index is 0.718. The van der Waals surface area contributed by atoms with Gasteiger partial charge in [0.05, 0.1) is 11.0 Å². The van der Waals surface area contributed by atoms with Crippen LogP contribution in [0.5, 0.6) is 0 Å². The molecule has 0 bridgehead atoms. The molecule has 0 amide bonds. The Hall–Kier alpha value is -1.35. The Labute approximate surface area is 107 Å². The fourth-order valence-electron chi connectivity index (χ4n) is 2.62. The number of benzene rings is 1. The normalized spacial score (nSPS) is 19.6. The third-order valence-electron chi connectivity index (χ3n) is 4.09. The molecule has 2 aliphatic rings. The summed E-state index contributed by atoms with van der Waals surface area (Å²) in [5, 5.41) is 3.57. The molecule has 3 nitrogen and oxygen atoms in total. The van der Waals surface area contributed by atoms with E-state index in [4.69, 9.17) is 4.98 Å². The molecule has 1 aromatic carbocycles. The summed E-state index contributed by atoms with van der Waals surface area (Å²) in [5.74, 6) is 1.99. The summed E-state index contributed by atoms with van der Waals surface area (Å²) in [7, 11) is 2.15. The van der Waals surface area contributed by atoms with Crippen LogP contribution in [-0.4, -0.2) is 15.6 Å². The van der Waals surface area contributed by atoms with Gasteiger partial charge >= 0.3 is 0 Å². The zero-order chi connectivity index (χ0) is 12.1. The van der Waals surface area contributed by atoms with Crippen LogP contribution in [0.2, 0.25) is 0 Å². The van der Waals surface area contributed by atoms with Crippen LogP contribution in [0.25, 0.3) is 11.0 Å². The zero-order valence-electron chi connectivity index (χ0n) is 10.8. The minimum Gasteiger partial charge on any atom is -0.331 e. The summed E-state index contributed by atoms with van der Waals surface area (Å²) in [5.41, 5.74) is 3.81. The van der Waals surface area contributed by atoms with Crippen molar-refractivity contribution in [2.75, 3.05) is 0 Å². The van der Waals surface area contributed by atoms with E-state index in [1.54, 1.807) is 0 Å². The number of aryl methyl sites for hydroxylation is 1. The molecule has 0 atom stereocenters. The summed E-state index contributed by atoms with van der Waals surface area (Å²) < 4.78 is 2.29. The molecule has 2 fully saturated rings. The second-order valence-electron chi connectivity index (χ2n) is 5.78. The number of aromatic nitrogens is 2. The molecule has 2 saturated carbocycles. The second kappa shape index (κ2) is 3.82. The van der Waals surface area contributed by atoms with Gasteiger partial charge in [-0.3, -0.25) is 0 Å². The van der Waals surface area contributed by atoms with Crippen LogP contribution in [0.1, 0.15) is 43.0 Å². The summed E-state index contributed by atoms with van der Waals surface area (Å²) in [6.07, 6.45) is 5.32. The Bertz CT molecular complexity index is 591. The van der Waals surface area contributed by atoms with Crippen LogP contribution in [0.3, 0.4) is 0 Å². The maximum absolute atomic E-state index is 4.77. The van der Waals surface area contributed by atoms with E-state index in [1.165, 1.54) is 42.6 Å². The molecule has 0 aliphatic heterocycles. The molecule has 0 unspecified atom stereocenters. The van der Waals surface area contributed by atoms with Gasteiger partial charge in [0.15, 0.2) is 0 Å². The van der Waals surface area contributed by atoms with Gasteiger partial charge in [-0.2, -0.15) is 0 Å². The third kappa shape index (κ3) is 1.83. The molecule has 0 radical (unpaired) electrons. The minimum atomic E-state index is 0.718. The first-order valence-corrected chi connectivity index (χ1v) is 7.00. The zero-order valence-corrected chi connectivity index (χ0v) is 10.8. The summed E-state index contributed by atoms with van der Waals surface area (Å²) in [4.78, 5) is 4.77. The van der Waals surface area contributed by atoms with Crippen molar-refractivity contribution in [1.29, 1.82) is 0 Å². The maximum atomic E-state index is 4.77. The number of nitrogens with zero attached hydrogens (tertiary/aromatic N) is 2. The van der Waals surface area contributed by atoms with Crippen LogP contribution < -0.4 is 5.32 Å². The molecule has 1 aromatic heterocycles. The molecule has 3 heteroatoms. The average Bonchev–Trinajstić information content (AvgIpc) is 3.27. The molecule has 2 aliphatic carbocycles. The van der Waals surface area contributed by atoms with Crippen LogP contribution in [0.4, 0.5) is 0 Å². The highest BCUT2D eigenvalue weighted by molar-refractivity contribution is 5.77. The van der Waals surface area contributed by atoms with Crippen molar-refractivity contribution >= 4 is 11.0 Å². The number of hydrogen-bond acceptors (Lipinski definition) is 2. The molecular weight excluding hydrogens is 222 g/mol. The fraction of sp³-hybridized carbons (Fsp3) is 0.533. The Morgan fingerprint density at radius 2 is 2.11 bits per heavy atom. The van der Waals surface area contributed by atoms with Gasteiger partial charge in [-0.05, 0) is 43.4 Å². The van der Waals surface area contributed by atoms with Gasteiger partial charge in [-0.15, -0.1) is 0 Å². The quantitative estimate of drug-likeness (QED) is 0.892. The lowest BCUT2D eigenvalue weighted by atomic mass is 10.2. The van der Waals surface area contributed by atoms with E-state index in [2.05, 4.69) is 35.1 Å². The summed E-state index contributed by atoms with van der Waals surface area (Å²) in [6, 6.07) is 7.45. The number of rotatable bonds is 4. The highest BCUT2D eigenvalue weighted by Gasteiger charge is 2.28. The Balaban J connectivity index is 1.67. The van der Waals surface area contributed by atoms with Crippen LogP contribution >= 0.6 is 0 Å². The van der Waals surface area contributed by atoms with Gasteiger partial charge in [0.2, 0.25) is 0 Å². The van der Waals surface area contributed by atoms with E-state index in [-0.39, 0.29) is 0 Å². The van der Waals surface area contributed by atoms with E-state index in [0.29, 0.717) is 0 Å². The largest absolute Gasteiger partial charge is 0.331 e. The Morgan fingerprint density at radius 1 is 1.28 bits per heavy atom. The average molecular weight is 241 g/mol. The van der Waals surface area contributed by atoms with Crippen LogP contribution in [0, 0.1) is 0 Å². The van der Waals surface area contributed by atoms with Gasteiger partial charge in [0.1, 0.15) is 5.82 Å². The van der Waals surface area contributed by atoms with Crippen LogP contribution in [0.15, 0.2) is 18.2 Å². The second-order valence-corrected chi connectivity index (χ2v) is 5.78. The van der Waals surface area contributed by atoms with E-state index in [1.807, 2.05) is 0 Å². The van der Waals surface area contributed by atoms with E-state index in [0.717, 1.165) is 24.0 Å². The predicted molar refractivity (Wildman–Crippen MR) is 72.6 cm³/mol. The van der Waals surface area contributed by atoms with Gasteiger partial charge in [0, 0.05) is 25.6 Å². The van der Waals surface area contributed by atoms with Crippen molar-refractivity contribution in [3.63, 3.8) is 0 Å². The van der Waals surface area contributed by atoms with Crippen molar-refractivity contribution in [3.05, 3.63) is 29.6 Å². The number of imidazole rings is 1. The summed E-state index contributed by atoms with van der Waals surface area (Å²) in [6.45, 7) is 0.991. The molecule has 94 valence electrons. The monoisotopic (exact) mass is 241 g/mol. The lowest BCUT2D eigenvalue weighted by Gasteiger charge is -2.04. The Kier molecular flexibility index (Phi) is 2.24. The van der Waals surface area contributed by atoms with E-state index >= 15 is 0 Å². The van der Waals surface area contributed by atoms with Gasteiger partial charge in [-0.1, -0.05) is 6.07 Å². The molecule has 1 N–H and O–H groups in total. The van der Waals surface area contributed by atoms with E-state index in [9.17, 15) is 0 Å². The van der Waals surface area contributed by atoms with Crippen molar-refractivity contribution in [3.8, 4) is 0 Å². The molecular formula is C15H19N3. The smallest absolute Gasteiger partial charge is 0.112 e. The molecule has 0 spiro atoms. The van der Waals surface area contributed by atoms with Crippen molar-refractivity contribution < 1.29 is 0 Å². The van der Waals surface area contributed by atoms with E-state index < -0.39 is 0 Å². The SMILES string of the molecule is Cn1c(C2CC2)nc2ccc(CNC3CC3)cc21. The predicted octanol–water partition coefficient (Wildman–Crippen LogP) is 2.70. The standard InChI is InChI=1S/C15H19N3/c1-18-14-8-10(9-16-12-5-6-12)2-7-13(14)17-15(18)11-3-4-11/h2,7-8,11-12,16H,3-6,9H2,1H3. The Morgan fingerprint density at radius 3 is 2.83 bits per heavy atom. The lowest BCUT2D eigenvalue weighted by Crippen LogP contribution is -2.15. The molecule has 18 heavy (non-hydrogen) atoms. The van der Waals surface area contributed by atoms with Crippen LogP contribution in [-0.2, 0) is 13.6 Å². The molecule has 4 rings (SSSR count). The van der Waals surface area contributed by atoms with Crippen molar-refractivity contribution in [1.82, 2.24) is 14.9 Å². The van der Waals surface area contributed by atoms with Gasteiger partial charge < -0.3 is 9.88 Å². The van der Waals surface area contributed by atoms with Gasteiger partial charge in [0.25, 0.3) is 0 Å². The maximum Gasteiger partial charge on any atom is 0.112 e. The first kappa shape index (κ1) is 10.6. The highest BCUT2D eigenvalue weighted by atomic mass is 15.1. The van der Waals surface area contributed by atoms with Gasteiger partial charge in [-0.25, -0.2) is 4.98 Å². The van der Waals surface area contributed by atoms with Crippen molar-refractivity contribution in [2.45, 2.75) is 44.2 Å². The topological polar surface area (TPSA) is 29.9 Å². The number of nitrogens with one attached hydrogen (secondary N) is 1.